The quantitative estimate of drug-likeness (QED) is 0.456. The van der Waals surface area contributed by atoms with Crippen LogP contribution in [0.5, 0.6) is 0 Å². The molecule has 1 aromatic rings. The standard InChI is InChI=1S/C16H23ClN4O/c1-4-10-18-16(20-12-15(22)21(2)3)19-11-9-13-7-5-6-8-14(13)17/h4-8H,1,9-12H2,2-3H3,(H2,18,19,20). The van der Waals surface area contributed by atoms with Crippen LogP contribution in [0.25, 0.3) is 0 Å². The molecule has 0 aliphatic heterocycles. The number of nitrogens with zero attached hydrogens (tertiary/aromatic N) is 2. The number of guanidine groups is 1. The number of likely N-dealkylation sites (N-methyl/N-ethyl adjacent to an activating group) is 1. The van der Waals surface area contributed by atoms with Crippen LogP contribution >= 0.6 is 11.6 Å². The van der Waals surface area contributed by atoms with E-state index in [2.05, 4.69) is 22.2 Å². The number of amides is 1. The highest BCUT2D eigenvalue weighted by molar-refractivity contribution is 6.31. The first-order valence-electron chi connectivity index (χ1n) is 7.11. The predicted molar refractivity (Wildman–Crippen MR) is 92.4 cm³/mol. The number of hydrogen-bond acceptors (Lipinski definition) is 2. The van der Waals surface area contributed by atoms with E-state index in [9.17, 15) is 4.79 Å². The normalized spacial score (nSPS) is 11.0. The van der Waals surface area contributed by atoms with Crippen LogP contribution in [0.2, 0.25) is 5.02 Å². The van der Waals surface area contributed by atoms with Crippen molar-refractivity contribution in [3.8, 4) is 0 Å². The topological polar surface area (TPSA) is 56.7 Å². The summed E-state index contributed by atoms with van der Waals surface area (Å²) in [5.74, 6) is 0.535. The summed E-state index contributed by atoms with van der Waals surface area (Å²) in [7, 11) is 3.42. The molecule has 0 bridgehead atoms. The van der Waals surface area contributed by atoms with Crippen LogP contribution < -0.4 is 10.6 Å². The first kappa shape index (κ1) is 18.0. The Balaban J connectivity index is 2.54. The van der Waals surface area contributed by atoms with Gasteiger partial charge in [-0.1, -0.05) is 35.9 Å². The lowest BCUT2D eigenvalue weighted by atomic mass is 10.1. The van der Waals surface area contributed by atoms with E-state index >= 15 is 0 Å². The van der Waals surface area contributed by atoms with Crippen molar-refractivity contribution in [2.24, 2.45) is 4.99 Å². The molecule has 1 aromatic carbocycles. The molecule has 0 spiro atoms. The molecular weight excluding hydrogens is 300 g/mol. The molecule has 5 nitrogen and oxygen atoms in total. The second-order valence-electron chi connectivity index (χ2n) is 4.89. The van der Waals surface area contributed by atoms with Gasteiger partial charge in [0.15, 0.2) is 5.96 Å². The largest absolute Gasteiger partial charge is 0.356 e. The lowest BCUT2D eigenvalue weighted by Gasteiger charge is -2.13. The molecule has 0 saturated carbocycles. The van der Waals surface area contributed by atoms with Gasteiger partial charge in [0, 0.05) is 32.2 Å². The zero-order valence-corrected chi connectivity index (χ0v) is 13.9. The van der Waals surface area contributed by atoms with Crippen LogP contribution in [0.3, 0.4) is 0 Å². The van der Waals surface area contributed by atoms with E-state index in [4.69, 9.17) is 11.6 Å². The summed E-state index contributed by atoms with van der Waals surface area (Å²) in [6.07, 6.45) is 2.51. The van der Waals surface area contributed by atoms with Gasteiger partial charge in [0.25, 0.3) is 0 Å². The van der Waals surface area contributed by atoms with Crippen LogP contribution in [0.15, 0.2) is 41.9 Å². The lowest BCUT2D eigenvalue weighted by molar-refractivity contribution is -0.127. The van der Waals surface area contributed by atoms with Crippen LogP contribution in [0.4, 0.5) is 0 Å². The van der Waals surface area contributed by atoms with Gasteiger partial charge < -0.3 is 15.5 Å². The second kappa shape index (κ2) is 9.84. The number of benzene rings is 1. The third-order valence-corrected chi connectivity index (χ3v) is 3.30. The highest BCUT2D eigenvalue weighted by atomic mass is 35.5. The smallest absolute Gasteiger partial charge is 0.243 e. The van der Waals surface area contributed by atoms with Gasteiger partial charge in [-0.05, 0) is 18.1 Å². The minimum Gasteiger partial charge on any atom is -0.356 e. The summed E-state index contributed by atoms with van der Waals surface area (Å²) in [5.41, 5.74) is 1.07. The average molecular weight is 323 g/mol. The minimum atomic E-state index is -0.0502. The molecule has 0 aliphatic carbocycles. The fourth-order valence-electron chi connectivity index (χ4n) is 1.65. The van der Waals surface area contributed by atoms with Crippen LogP contribution in [0, 0.1) is 0 Å². The highest BCUT2D eigenvalue weighted by Crippen LogP contribution is 2.14. The Morgan fingerprint density at radius 1 is 1.36 bits per heavy atom. The summed E-state index contributed by atoms with van der Waals surface area (Å²) in [6, 6.07) is 7.73. The maximum atomic E-state index is 11.6. The van der Waals surface area contributed by atoms with Crippen LogP contribution in [-0.4, -0.2) is 50.5 Å². The Hall–Kier alpha value is -2.01. The number of halogens is 1. The molecule has 0 heterocycles. The van der Waals surface area contributed by atoms with Gasteiger partial charge in [-0.2, -0.15) is 0 Å². The molecule has 1 amide bonds. The van der Waals surface area contributed by atoms with Crippen LogP contribution in [0.1, 0.15) is 5.56 Å². The maximum absolute atomic E-state index is 11.6. The van der Waals surface area contributed by atoms with Crippen molar-refractivity contribution in [1.82, 2.24) is 15.5 Å². The monoisotopic (exact) mass is 322 g/mol. The average Bonchev–Trinajstić information content (AvgIpc) is 2.50. The van der Waals surface area contributed by atoms with Gasteiger partial charge >= 0.3 is 0 Å². The van der Waals surface area contributed by atoms with Gasteiger partial charge in [-0.25, -0.2) is 4.99 Å². The Morgan fingerprint density at radius 3 is 2.73 bits per heavy atom. The van der Waals surface area contributed by atoms with Crippen LogP contribution in [-0.2, 0) is 11.2 Å². The molecule has 2 N–H and O–H groups in total. The van der Waals surface area contributed by atoms with Gasteiger partial charge in [0.2, 0.25) is 5.91 Å². The number of carbonyl (C=O) groups is 1. The fourth-order valence-corrected chi connectivity index (χ4v) is 1.88. The molecule has 0 unspecified atom stereocenters. The summed E-state index contributed by atoms with van der Waals surface area (Å²) in [6.45, 7) is 5.01. The summed E-state index contributed by atoms with van der Waals surface area (Å²) in [5, 5.41) is 7.02. The Labute approximate surface area is 137 Å². The van der Waals surface area contributed by atoms with Crippen molar-refractivity contribution in [3.63, 3.8) is 0 Å². The third-order valence-electron chi connectivity index (χ3n) is 2.93. The van der Waals surface area contributed by atoms with E-state index < -0.39 is 0 Å². The molecule has 0 fully saturated rings. The molecule has 0 saturated heterocycles. The third kappa shape index (κ3) is 6.63. The molecule has 1 rings (SSSR count). The van der Waals surface area contributed by atoms with Crippen molar-refractivity contribution in [3.05, 3.63) is 47.5 Å². The highest BCUT2D eigenvalue weighted by Gasteiger charge is 2.04. The van der Waals surface area contributed by atoms with Crippen molar-refractivity contribution < 1.29 is 4.79 Å². The lowest BCUT2D eigenvalue weighted by Crippen LogP contribution is -2.39. The van der Waals surface area contributed by atoms with Crippen molar-refractivity contribution in [1.29, 1.82) is 0 Å². The van der Waals surface area contributed by atoms with Gasteiger partial charge in [0.1, 0.15) is 6.54 Å². The number of rotatable bonds is 7. The number of hydrogen-bond donors (Lipinski definition) is 2. The molecule has 0 radical (unpaired) electrons. The molecule has 22 heavy (non-hydrogen) atoms. The Morgan fingerprint density at radius 2 is 2.09 bits per heavy atom. The fraction of sp³-hybridized carbons (Fsp3) is 0.375. The number of nitrogens with one attached hydrogen (secondary N) is 2. The molecule has 6 heteroatoms. The van der Waals surface area contributed by atoms with Crippen molar-refractivity contribution in [2.45, 2.75) is 6.42 Å². The van der Waals surface area contributed by atoms with Gasteiger partial charge in [-0.15, -0.1) is 6.58 Å². The minimum absolute atomic E-state index is 0.0502. The van der Waals surface area contributed by atoms with E-state index in [0.717, 1.165) is 17.0 Å². The first-order chi connectivity index (χ1) is 10.5. The van der Waals surface area contributed by atoms with Gasteiger partial charge in [0.05, 0.1) is 0 Å². The maximum Gasteiger partial charge on any atom is 0.243 e. The zero-order valence-electron chi connectivity index (χ0n) is 13.1. The number of aliphatic imine (C=N–C) groups is 1. The second-order valence-corrected chi connectivity index (χ2v) is 5.30. The van der Waals surface area contributed by atoms with E-state index in [-0.39, 0.29) is 12.5 Å². The zero-order chi connectivity index (χ0) is 16.4. The number of carbonyl (C=O) groups excluding carboxylic acids is 1. The summed E-state index contributed by atoms with van der Waals surface area (Å²) < 4.78 is 0. The molecule has 0 aliphatic rings. The SMILES string of the molecule is C=CCNC(=NCC(=O)N(C)C)NCCc1ccccc1Cl. The van der Waals surface area contributed by atoms with Crippen molar-refractivity contribution in [2.75, 3.05) is 33.7 Å². The van der Waals surface area contributed by atoms with E-state index in [1.807, 2.05) is 24.3 Å². The van der Waals surface area contributed by atoms with Gasteiger partial charge in [-0.3, -0.25) is 4.79 Å². The predicted octanol–water partition coefficient (Wildman–Crippen LogP) is 1.69. The van der Waals surface area contributed by atoms with E-state index in [1.54, 1.807) is 20.2 Å². The summed E-state index contributed by atoms with van der Waals surface area (Å²) >= 11 is 6.12. The summed E-state index contributed by atoms with van der Waals surface area (Å²) in [4.78, 5) is 17.4. The molecule has 0 atom stereocenters. The molecular formula is C16H23ClN4O. The van der Waals surface area contributed by atoms with Crippen molar-refractivity contribution >= 4 is 23.5 Å². The molecule has 120 valence electrons. The first-order valence-corrected chi connectivity index (χ1v) is 7.49. The Kier molecular flexibility index (Phi) is 8.07. The molecule has 0 aromatic heterocycles. The van der Waals surface area contributed by atoms with E-state index in [1.165, 1.54) is 4.90 Å². The van der Waals surface area contributed by atoms with E-state index in [0.29, 0.717) is 19.0 Å². The Bertz CT molecular complexity index is 529.